The van der Waals surface area contributed by atoms with Crippen molar-refractivity contribution >= 4 is 31.5 Å². The van der Waals surface area contributed by atoms with Crippen LogP contribution in [0.1, 0.15) is 0 Å². The van der Waals surface area contributed by atoms with Crippen molar-refractivity contribution in [2.24, 2.45) is 0 Å². The number of hydrogen-bond acceptors (Lipinski definition) is 4. The average Bonchev–Trinajstić information content (AvgIpc) is 2.35. The van der Waals surface area contributed by atoms with Gasteiger partial charge in [-0.15, -0.1) is 0 Å². The first-order chi connectivity index (χ1) is 9.27. The fourth-order valence-corrected chi connectivity index (χ4v) is 2.51. The summed E-state index contributed by atoms with van der Waals surface area (Å²) in [7, 11) is -3.26. The summed E-state index contributed by atoms with van der Waals surface area (Å²) >= 11 is 3.02. The molecule has 0 amide bonds. The van der Waals surface area contributed by atoms with Gasteiger partial charge in [0.1, 0.15) is 11.6 Å². The summed E-state index contributed by atoms with van der Waals surface area (Å²) < 4.78 is 41.7. The summed E-state index contributed by atoms with van der Waals surface area (Å²) in [6, 6.07) is 8.34. The van der Waals surface area contributed by atoms with Crippen molar-refractivity contribution in [2.45, 2.75) is 4.90 Å². The standard InChI is InChI=1S/C13H11BrFNO3S/c1-20(17,18)9-4-2-8(3-5-9)19-13-7-11(15)10(14)6-12(13)16/h2-7H,16H2,1H3. The van der Waals surface area contributed by atoms with E-state index in [-0.39, 0.29) is 20.8 Å². The molecule has 7 heteroatoms. The molecule has 0 heterocycles. The Morgan fingerprint density at radius 2 is 1.80 bits per heavy atom. The third-order valence-electron chi connectivity index (χ3n) is 2.53. The van der Waals surface area contributed by atoms with Crippen molar-refractivity contribution in [3.8, 4) is 11.5 Å². The van der Waals surface area contributed by atoms with Crippen LogP contribution in [0.2, 0.25) is 0 Å². The molecule has 20 heavy (non-hydrogen) atoms. The summed E-state index contributed by atoms with van der Waals surface area (Å²) in [5.41, 5.74) is 5.99. The first kappa shape index (κ1) is 14.8. The first-order valence-corrected chi connectivity index (χ1v) is 8.18. The molecule has 0 unspecified atom stereocenters. The van der Waals surface area contributed by atoms with Crippen LogP contribution in [0, 0.1) is 5.82 Å². The smallest absolute Gasteiger partial charge is 0.175 e. The Kier molecular flexibility index (Phi) is 4.01. The maximum absolute atomic E-state index is 13.4. The summed E-state index contributed by atoms with van der Waals surface area (Å²) in [4.78, 5) is 0.180. The largest absolute Gasteiger partial charge is 0.455 e. The van der Waals surface area contributed by atoms with E-state index < -0.39 is 15.7 Å². The second-order valence-electron chi connectivity index (χ2n) is 4.15. The monoisotopic (exact) mass is 359 g/mol. The van der Waals surface area contributed by atoms with E-state index in [1.807, 2.05) is 0 Å². The van der Waals surface area contributed by atoms with Crippen molar-refractivity contribution in [1.82, 2.24) is 0 Å². The number of anilines is 1. The lowest BCUT2D eigenvalue weighted by atomic mass is 10.3. The van der Waals surface area contributed by atoms with Crippen molar-refractivity contribution in [2.75, 3.05) is 12.0 Å². The Morgan fingerprint density at radius 1 is 1.20 bits per heavy atom. The Labute approximate surface area is 124 Å². The predicted molar refractivity (Wildman–Crippen MR) is 78.1 cm³/mol. The molecular formula is C13H11BrFNO3S. The minimum absolute atomic E-state index is 0.165. The van der Waals surface area contributed by atoms with Gasteiger partial charge in [0.2, 0.25) is 0 Å². The highest BCUT2D eigenvalue weighted by atomic mass is 79.9. The van der Waals surface area contributed by atoms with Gasteiger partial charge < -0.3 is 10.5 Å². The molecule has 0 atom stereocenters. The summed E-state index contributed by atoms with van der Waals surface area (Å²) in [5.74, 6) is 0.0329. The normalized spacial score (nSPS) is 11.3. The number of sulfone groups is 1. The highest BCUT2D eigenvalue weighted by molar-refractivity contribution is 9.10. The van der Waals surface area contributed by atoms with E-state index in [1.165, 1.54) is 30.3 Å². The Hall–Kier alpha value is -1.60. The van der Waals surface area contributed by atoms with Crippen LogP contribution >= 0.6 is 15.9 Å². The SMILES string of the molecule is CS(=O)(=O)c1ccc(Oc2cc(F)c(Br)cc2N)cc1. The lowest BCUT2D eigenvalue weighted by Crippen LogP contribution is -1.97. The van der Waals surface area contributed by atoms with Crippen LogP contribution in [0.15, 0.2) is 45.8 Å². The minimum atomic E-state index is -3.26. The topological polar surface area (TPSA) is 69.4 Å². The van der Waals surface area contributed by atoms with Gasteiger partial charge in [0.05, 0.1) is 15.1 Å². The molecule has 2 aromatic carbocycles. The molecule has 0 aliphatic rings. The highest BCUT2D eigenvalue weighted by Crippen LogP contribution is 2.32. The van der Waals surface area contributed by atoms with Crippen LogP contribution < -0.4 is 10.5 Å². The molecule has 0 spiro atoms. The average molecular weight is 360 g/mol. The number of nitrogens with two attached hydrogens (primary N) is 1. The second-order valence-corrected chi connectivity index (χ2v) is 7.02. The zero-order valence-electron chi connectivity index (χ0n) is 10.4. The van der Waals surface area contributed by atoms with E-state index in [0.717, 1.165) is 12.3 Å². The predicted octanol–water partition coefficient (Wildman–Crippen LogP) is 3.37. The maximum Gasteiger partial charge on any atom is 0.175 e. The lowest BCUT2D eigenvalue weighted by Gasteiger charge is -2.09. The number of nitrogen functional groups attached to an aromatic ring is 1. The zero-order chi connectivity index (χ0) is 14.9. The quantitative estimate of drug-likeness (QED) is 0.853. The number of rotatable bonds is 3. The van der Waals surface area contributed by atoms with Crippen molar-refractivity contribution < 1.29 is 17.5 Å². The molecule has 106 valence electrons. The number of halogens is 2. The molecule has 0 bridgehead atoms. The fraction of sp³-hybridized carbons (Fsp3) is 0.0769. The van der Waals surface area contributed by atoms with Gasteiger partial charge in [-0.25, -0.2) is 12.8 Å². The van der Waals surface area contributed by atoms with Crippen molar-refractivity contribution in [3.63, 3.8) is 0 Å². The molecular weight excluding hydrogens is 349 g/mol. The molecule has 0 aromatic heterocycles. The fourth-order valence-electron chi connectivity index (χ4n) is 1.51. The van der Waals surface area contributed by atoms with Gasteiger partial charge in [-0.05, 0) is 46.3 Å². The molecule has 2 N–H and O–H groups in total. The van der Waals surface area contributed by atoms with Crippen LogP contribution in [0.3, 0.4) is 0 Å². The molecule has 0 fully saturated rings. The third-order valence-corrected chi connectivity index (χ3v) is 4.27. The van der Waals surface area contributed by atoms with Crippen molar-refractivity contribution in [3.05, 3.63) is 46.7 Å². The molecule has 0 aliphatic heterocycles. The van der Waals surface area contributed by atoms with E-state index in [1.54, 1.807) is 0 Å². The lowest BCUT2D eigenvalue weighted by molar-refractivity contribution is 0.478. The number of hydrogen-bond donors (Lipinski definition) is 1. The first-order valence-electron chi connectivity index (χ1n) is 5.50. The van der Waals surface area contributed by atoms with Gasteiger partial charge >= 0.3 is 0 Å². The molecule has 0 radical (unpaired) electrons. The molecule has 2 rings (SSSR count). The van der Waals surface area contributed by atoms with Gasteiger partial charge in [-0.3, -0.25) is 0 Å². The zero-order valence-corrected chi connectivity index (χ0v) is 12.8. The molecule has 2 aromatic rings. The van der Waals surface area contributed by atoms with E-state index in [9.17, 15) is 12.8 Å². The summed E-state index contributed by atoms with van der Waals surface area (Å²) in [6.45, 7) is 0. The third kappa shape index (κ3) is 3.29. The summed E-state index contributed by atoms with van der Waals surface area (Å²) in [5, 5.41) is 0. The van der Waals surface area contributed by atoms with Gasteiger partial charge in [-0.1, -0.05) is 0 Å². The summed E-state index contributed by atoms with van der Waals surface area (Å²) in [6.07, 6.45) is 1.12. The van der Waals surface area contributed by atoms with Crippen LogP contribution in [-0.4, -0.2) is 14.7 Å². The van der Waals surface area contributed by atoms with E-state index >= 15 is 0 Å². The van der Waals surface area contributed by atoms with E-state index in [4.69, 9.17) is 10.5 Å². The highest BCUT2D eigenvalue weighted by Gasteiger charge is 2.10. The van der Waals surface area contributed by atoms with Gasteiger partial charge in [-0.2, -0.15) is 0 Å². The Bertz CT molecular complexity index is 745. The van der Waals surface area contributed by atoms with Crippen LogP contribution in [-0.2, 0) is 9.84 Å². The number of benzene rings is 2. The maximum atomic E-state index is 13.4. The van der Waals surface area contributed by atoms with Crippen molar-refractivity contribution in [1.29, 1.82) is 0 Å². The molecule has 0 saturated heterocycles. The molecule has 0 saturated carbocycles. The van der Waals surface area contributed by atoms with Gasteiger partial charge in [0.15, 0.2) is 15.6 Å². The second kappa shape index (κ2) is 5.41. The minimum Gasteiger partial charge on any atom is -0.455 e. The van der Waals surface area contributed by atoms with Gasteiger partial charge in [0.25, 0.3) is 0 Å². The Balaban J connectivity index is 2.29. The van der Waals surface area contributed by atoms with Crippen LogP contribution in [0.5, 0.6) is 11.5 Å². The van der Waals surface area contributed by atoms with Crippen LogP contribution in [0.4, 0.5) is 10.1 Å². The van der Waals surface area contributed by atoms with E-state index in [0.29, 0.717) is 5.75 Å². The Morgan fingerprint density at radius 3 is 2.35 bits per heavy atom. The molecule has 0 aliphatic carbocycles. The van der Waals surface area contributed by atoms with Crippen LogP contribution in [0.25, 0.3) is 0 Å². The van der Waals surface area contributed by atoms with E-state index in [2.05, 4.69) is 15.9 Å². The van der Waals surface area contributed by atoms with Gasteiger partial charge in [0, 0.05) is 12.3 Å². The molecule has 4 nitrogen and oxygen atoms in total. The number of ether oxygens (including phenoxy) is 1.